The van der Waals surface area contributed by atoms with Crippen LogP contribution < -0.4 is 0 Å². The van der Waals surface area contributed by atoms with Crippen molar-refractivity contribution in [1.82, 2.24) is 19.9 Å². The minimum Gasteiger partial charge on any atom is -0.435 e. The Kier molecular flexibility index (Phi) is 5.98. The summed E-state index contributed by atoms with van der Waals surface area (Å²) in [6.45, 7) is 0. The molecule has 7 aromatic carbocycles. The fraction of sp³-hybridized carbons (Fsp3) is 0. The molecule has 0 saturated heterocycles. The van der Waals surface area contributed by atoms with Crippen LogP contribution in [0.2, 0.25) is 0 Å². The highest BCUT2D eigenvalue weighted by Gasteiger charge is 2.20. The Morgan fingerprint density at radius 2 is 1.06 bits per heavy atom. The van der Waals surface area contributed by atoms with Crippen LogP contribution >= 0.6 is 11.3 Å². The standard InChI is InChI=1S/C42H24N4OS/c1-2-12-27(13-3-1)42-43-34-24-23-26-15-9-20-32(36(26)37(34)47-42)40-44-39(31-19-8-14-25-11-4-5-16-28(25)31)45-41(46-40)33-21-10-18-30-29-17-6-7-22-35(29)48-38(30)33/h1-24H. The van der Waals surface area contributed by atoms with E-state index in [1.54, 1.807) is 11.3 Å². The first-order valence-corrected chi connectivity index (χ1v) is 16.6. The molecule has 0 aliphatic carbocycles. The summed E-state index contributed by atoms with van der Waals surface area (Å²) >= 11 is 1.77. The van der Waals surface area contributed by atoms with Gasteiger partial charge in [0.2, 0.25) is 5.89 Å². The van der Waals surface area contributed by atoms with Crippen LogP contribution in [-0.4, -0.2) is 19.9 Å². The van der Waals surface area contributed by atoms with Crippen molar-refractivity contribution in [1.29, 1.82) is 0 Å². The van der Waals surface area contributed by atoms with E-state index in [2.05, 4.69) is 103 Å². The van der Waals surface area contributed by atoms with Crippen LogP contribution in [0, 0.1) is 0 Å². The molecule has 0 aliphatic rings. The van der Waals surface area contributed by atoms with Gasteiger partial charge >= 0.3 is 0 Å². The second-order valence-corrected chi connectivity index (χ2v) is 12.9. The molecule has 0 radical (unpaired) electrons. The fourth-order valence-electron chi connectivity index (χ4n) is 6.73. The summed E-state index contributed by atoms with van der Waals surface area (Å²) in [5.74, 6) is 2.41. The second kappa shape index (κ2) is 10.7. The summed E-state index contributed by atoms with van der Waals surface area (Å²) in [6, 6.07) is 49.9. The average Bonchev–Trinajstić information content (AvgIpc) is 3.77. The third kappa shape index (κ3) is 4.24. The topological polar surface area (TPSA) is 64.7 Å². The van der Waals surface area contributed by atoms with Crippen molar-refractivity contribution in [3.05, 3.63) is 146 Å². The number of fused-ring (bicyclic) bond motifs is 7. The minimum absolute atomic E-state index is 0.580. The zero-order chi connectivity index (χ0) is 31.6. The summed E-state index contributed by atoms with van der Waals surface area (Å²) in [5, 5.41) is 6.60. The Morgan fingerprint density at radius 1 is 0.438 bits per heavy atom. The predicted molar refractivity (Wildman–Crippen MR) is 197 cm³/mol. The number of hydrogen-bond donors (Lipinski definition) is 0. The van der Waals surface area contributed by atoms with E-state index in [-0.39, 0.29) is 0 Å². The van der Waals surface area contributed by atoms with Gasteiger partial charge in [-0.05, 0) is 46.5 Å². The number of rotatable bonds is 4. The molecule has 6 heteroatoms. The largest absolute Gasteiger partial charge is 0.435 e. The maximum Gasteiger partial charge on any atom is 0.227 e. The summed E-state index contributed by atoms with van der Waals surface area (Å²) in [5.41, 5.74) is 5.22. The van der Waals surface area contributed by atoms with E-state index < -0.39 is 0 Å². The Hall–Kier alpha value is -6.24. The zero-order valence-electron chi connectivity index (χ0n) is 25.5. The van der Waals surface area contributed by atoms with Gasteiger partial charge in [0.25, 0.3) is 0 Å². The molecule has 0 amide bonds. The fourth-order valence-corrected chi connectivity index (χ4v) is 7.94. The first-order valence-electron chi connectivity index (χ1n) is 15.8. The summed E-state index contributed by atoms with van der Waals surface area (Å²) in [7, 11) is 0. The Morgan fingerprint density at radius 3 is 1.94 bits per heavy atom. The van der Waals surface area contributed by atoms with E-state index in [0.717, 1.165) is 54.0 Å². The van der Waals surface area contributed by atoms with Gasteiger partial charge in [0.1, 0.15) is 5.52 Å². The van der Waals surface area contributed by atoms with Crippen molar-refractivity contribution in [2.24, 2.45) is 0 Å². The molecule has 0 bridgehead atoms. The summed E-state index contributed by atoms with van der Waals surface area (Å²) in [4.78, 5) is 20.5. The summed E-state index contributed by atoms with van der Waals surface area (Å²) < 4.78 is 8.92. The lowest BCUT2D eigenvalue weighted by Gasteiger charge is -2.12. The van der Waals surface area contributed by atoms with Crippen LogP contribution in [-0.2, 0) is 0 Å². The first-order chi connectivity index (χ1) is 23.8. The molecule has 0 saturated carbocycles. The molecule has 48 heavy (non-hydrogen) atoms. The number of nitrogens with zero attached hydrogens (tertiary/aromatic N) is 4. The maximum absolute atomic E-state index is 6.53. The normalized spacial score (nSPS) is 11.8. The van der Waals surface area contributed by atoms with E-state index >= 15 is 0 Å². The lowest BCUT2D eigenvalue weighted by Crippen LogP contribution is -2.01. The van der Waals surface area contributed by atoms with Crippen LogP contribution in [0.15, 0.2) is 150 Å². The van der Waals surface area contributed by atoms with Gasteiger partial charge < -0.3 is 4.42 Å². The molecule has 0 fully saturated rings. The molecule has 224 valence electrons. The smallest absolute Gasteiger partial charge is 0.227 e. The zero-order valence-corrected chi connectivity index (χ0v) is 26.3. The van der Waals surface area contributed by atoms with Gasteiger partial charge in [0.15, 0.2) is 23.1 Å². The molecular formula is C42H24N4OS. The number of aromatic nitrogens is 4. The monoisotopic (exact) mass is 632 g/mol. The van der Waals surface area contributed by atoms with Gasteiger partial charge in [-0.2, -0.15) is 0 Å². The minimum atomic E-state index is 0.580. The Bertz CT molecular complexity index is 2850. The molecule has 3 heterocycles. The lowest BCUT2D eigenvalue weighted by molar-refractivity contribution is 0.623. The molecule has 0 unspecified atom stereocenters. The second-order valence-electron chi connectivity index (χ2n) is 11.8. The van der Waals surface area contributed by atoms with E-state index in [1.807, 2.05) is 42.5 Å². The third-order valence-electron chi connectivity index (χ3n) is 8.97. The Balaban J connectivity index is 1.27. The van der Waals surface area contributed by atoms with Crippen LogP contribution in [0.1, 0.15) is 0 Å². The number of oxazole rings is 1. The average molecular weight is 633 g/mol. The molecule has 10 rings (SSSR count). The van der Waals surface area contributed by atoms with Gasteiger partial charge in [-0.3, -0.25) is 0 Å². The lowest BCUT2D eigenvalue weighted by atomic mass is 10.0. The molecule has 0 aliphatic heterocycles. The SMILES string of the molecule is c1ccc(-c2nc3ccc4cccc(-c5nc(-c6cccc7ccccc67)nc(-c6cccc7c6sc6ccccc67)n5)c4c3o2)cc1. The van der Waals surface area contributed by atoms with Gasteiger partial charge in [-0.1, -0.05) is 115 Å². The third-order valence-corrected chi connectivity index (χ3v) is 10.2. The van der Waals surface area contributed by atoms with Crippen molar-refractivity contribution >= 4 is 64.2 Å². The number of thiophene rings is 1. The predicted octanol–water partition coefficient (Wildman–Crippen LogP) is 11.4. The van der Waals surface area contributed by atoms with Crippen molar-refractivity contribution in [3.8, 4) is 45.6 Å². The molecule has 0 spiro atoms. The summed E-state index contributed by atoms with van der Waals surface area (Å²) in [6.07, 6.45) is 0. The van der Waals surface area contributed by atoms with Gasteiger partial charge in [0, 0.05) is 47.8 Å². The molecule has 10 aromatic rings. The van der Waals surface area contributed by atoms with Crippen molar-refractivity contribution in [2.45, 2.75) is 0 Å². The van der Waals surface area contributed by atoms with Crippen LogP contribution in [0.4, 0.5) is 0 Å². The van der Waals surface area contributed by atoms with Crippen LogP contribution in [0.3, 0.4) is 0 Å². The Labute approximate surface area is 278 Å². The molecule has 0 N–H and O–H groups in total. The highest BCUT2D eigenvalue weighted by Crippen LogP contribution is 2.41. The van der Waals surface area contributed by atoms with Crippen LogP contribution in [0.25, 0.3) is 98.4 Å². The molecule has 5 nitrogen and oxygen atoms in total. The molecule has 3 aromatic heterocycles. The van der Waals surface area contributed by atoms with Crippen molar-refractivity contribution in [3.63, 3.8) is 0 Å². The number of benzene rings is 7. The highest BCUT2D eigenvalue weighted by molar-refractivity contribution is 7.26. The van der Waals surface area contributed by atoms with E-state index in [4.69, 9.17) is 24.4 Å². The maximum atomic E-state index is 6.53. The van der Waals surface area contributed by atoms with Crippen molar-refractivity contribution in [2.75, 3.05) is 0 Å². The first kappa shape index (κ1) is 26.9. The van der Waals surface area contributed by atoms with E-state index in [1.165, 1.54) is 15.5 Å². The van der Waals surface area contributed by atoms with E-state index in [9.17, 15) is 0 Å². The van der Waals surface area contributed by atoms with Gasteiger partial charge in [-0.25, -0.2) is 19.9 Å². The van der Waals surface area contributed by atoms with E-state index in [0.29, 0.717) is 28.9 Å². The highest BCUT2D eigenvalue weighted by atomic mass is 32.1. The molecule has 0 atom stereocenters. The van der Waals surface area contributed by atoms with Crippen LogP contribution in [0.5, 0.6) is 0 Å². The quantitative estimate of drug-likeness (QED) is 0.193. The number of hydrogen-bond acceptors (Lipinski definition) is 6. The van der Waals surface area contributed by atoms with Crippen molar-refractivity contribution < 1.29 is 4.42 Å². The van der Waals surface area contributed by atoms with Gasteiger partial charge in [0.05, 0.1) is 0 Å². The molecular weight excluding hydrogens is 609 g/mol. The van der Waals surface area contributed by atoms with Gasteiger partial charge in [-0.15, -0.1) is 11.3 Å².